The van der Waals surface area contributed by atoms with E-state index in [2.05, 4.69) is 24.0 Å². The monoisotopic (exact) mass is 198 g/mol. The molecule has 1 aliphatic rings. The Balaban J connectivity index is 2.45. The van der Waals surface area contributed by atoms with E-state index in [0.29, 0.717) is 6.04 Å². The third-order valence-corrected chi connectivity index (χ3v) is 2.62. The molecule has 0 N–H and O–H groups in total. The highest BCUT2D eigenvalue weighted by Crippen LogP contribution is 2.18. The second-order valence-corrected chi connectivity index (χ2v) is 4.00. The third kappa shape index (κ3) is 3.29. The number of rotatable bonds is 5. The van der Waals surface area contributed by atoms with Crippen LogP contribution in [0, 0.1) is 0 Å². The van der Waals surface area contributed by atoms with Gasteiger partial charge in [0.15, 0.2) is 0 Å². The number of ether oxygens (including phenoxy) is 1. The molecule has 0 saturated carbocycles. The minimum atomic E-state index is 0.506. The van der Waals surface area contributed by atoms with Crippen LogP contribution in [0.1, 0.15) is 39.5 Å². The smallest absolute Gasteiger partial charge is 0.0704 e. The zero-order chi connectivity index (χ0) is 10.4. The fraction of sp³-hybridized carbons (Fsp3) is 0.909. The summed E-state index contributed by atoms with van der Waals surface area (Å²) in [4.78, 5) is 0. The second kappa shape index (κ2) is 6.02. The number of hydrogen-bond donors (Lipinski definition) is 0. The molecule has 1 rings (SSSR count). The van der Waals surface area contributed by atoms with Crippen LogP contribution in [0.5, 0.6) is 0 Å². The van der Waals surface area contributed by atoms with Gasteiger partial charge in [0.1, 0.15) is 0 Å². The first-order valence-corrected chi connectivity index (χ1v) is 5.57. The van der Waals surface area contributed by atoms with Gasteiger partial charge in [0.25, 0.3) is 0 Å². The Morgan fingerprint density at radius 1 is 1.57 bits per heavy atom. The molecular weight excluding hydrogens is 176 g/mol. The molecule has 1 heterocycles. The predicted molar refractivity (Wildman–Crippen MR) is 59.6 cm³/mol. The zero-order valence-corrected chi connectivity index (χ0v) is 9.62. The van der Waals surface area contributed by atoms with Crippen molar-refractivity contribution in [3.05, 3.63) is 0 Å². The van der Waals surface area contributed by atoms with Crippen molar-refractivity contribution in [3.8, 4) is 0 Å². The molecule has 1 aliphatic heterocycles. The number of methoxy groups -OCH3 is 1. The summed E-state index contributed by atoms with van der Waals surface area (Å²) in [7, 11) is 1.76. The standard InChI is InChI=1S/C11H22N2O/c1-4-6-10(2)12-13-8-5-7-11(13)9-14-3/h11H,4-9H2,1-3H3/b12-10-/t11-/m0/s1. The lowest BCUT2D eigenvalue weighted by molar-refractivity contribution is 0.117. The Bertz CT molecular complexity index is 192. The van der Waals surface area contributed by atoms with Crippen molar-refractivity contribution in [2.75, 3.05) is 20.3 Å². The van der Waals surface area contributed by atoms with E-state index < -0.39 is 0 Å². The molecule has 3 nitrogen and oxygen atoms in total. The lowest BCUT2D eigenvalue weighted by Gasteiger charge is -2.21. The first-order chi connectivity index (χ1) is 6.77. The van der Waals surface area contributed by atoms with Crippen LogP contribution in [0.15, 0.2) is 5.10 Å². The van der Waals surface area contributed by atoms with E-state index in [-0.39, 0.29) is 0 Å². The maximum atomic E-state index is 5.19. The molecular formula is C11H22N2O. The molecule has 0 unspecified atom stereocenters. The number of nitrogens with zero attached hydrogens (tertiary/aromatic N) is 2. The van der Waals surface area contributed by atoms with Gasteiger partial charge in [0.2, 0.25) is 0 Å². The molecule has 0 bridgehead atoms. The van der Waals surface area contributed by atoms with E-state index in [9.17, 15) is 0 Å². The summed E-state index contributed by atoms with van der Waals surface area (Å²) in [5.74, 6) is 0. The summed E-state index contributed by atoms with van der Waals surface area (Å²) in [5.41, 5.74) is 1.25. The molecule has 82 valence electrons. The topological polar surface area (TPSA) is 24.8 Å². The molecule has 1 saturated heterocycles. The van der Waals surface area contributed by atoms with E-state index in [1.54, 1.807) is 7.11 Å². The van der Waals surface area contributed by atoms with Gasteiger partial charge >= 0.3 is 0 Å². The van der Waals surface area contributed by atoms with E-state index in [0.717, 1.165) is 19.6 Å². The lowest BCUT2D eigenvalue weighted by Crippen LogP contribution is -2.29. The molecule has 0 aromatic rings. The highest BCUT2D eigenvalue weighted by molar-refractivity contribution is 5.81. The fourth-order valence-corrected chi connectivity index (χ4v) is 1.94. The molecule has 3 heteroatoms. The Morgan fingerprint density at radius 2 is 2.36 bits per heavy atom. The Hall–Kier alpha value is -0.570. The van der Waals surface area contributed by atoms with Gasteiger partial charge in [-0.25, -0.2) is 0 Å². The van der Waals surface area contributed by atoms with Crippen LogP contribution in [0.3, 0.4) is 0 Å². The van der Waals surface area contributed by atoms with E-state index in [4.69, 9.17) is 4.74 Å². The van der Waals surface area contributed by atoms with Crippen LogP contribution in [-0.2, 0) is 4.74 Å². The second-order valence-electron chi connectivity index (χ2n) is 4.00. The minimum absolute atomic E-state index is 0.506. The molecule has 0 amide bonds. The average molecular weight is 198 g/mol. The van der Waals surface area contributed by atoms with E-state index >= 15 is 0 Å². The molecule has 1 fully saturated rings. The van der Waals surface area contributed by atoms with E-state index in [1.165, 1.54) is 25.0 Å². The minimum Gasteiger partial charge on any atom is -0.382 e. The molecule has 0 radical (unpaired) electrons. The Labute approximate surface area is 87.1 Å². The SMILES string of the molecule is CCC/C(C)=N\N1CCC[C@H]1COC. The highest BCUT2D eigenvalue weighted by atomic mass is 16.5. The van der Waals surface area contributed by atoms with Crippen LogP contribution >= 0.6 is 0 Å². The molecule has 0 aliphatic carbocycles. The molecule has 0 aromatic carbocycles. The molecule has 1 atom stereocenters. The van der Waals surface area contributed by atoms with Crippen molar-refractivity contribution in [2.24, 2.45) is 5.10 Å². The van der Waals surface area contributed by atoms with Crippen molar-refractivity contribution < 1.29 is 4.74 Å². The van der Waals surface area contributed by atoms with Crippen LogP contribution in [0.2, 0.25) is 0 Å². The first-order valence-electron chi connectivity index (χ1n) is 5.57. The van der Waals surface area contributed by atoms with Gasteiger partial charge in [-0.3, -0.25) is 5.01 Å². The quantitative estimate of drug-likeness (QED) is 0.633. The molecule has 14 heavy (non-hydrogen) atoms. The van der Waals surface area contributed by atoms with Crippen molar-refractivity contribution in [1.82, 2.24) is 5.01 Å². The summed E-state index contributed by atoms with van der Waals surface area (Å²) >= 11 is 0. The zero-order valence-electron chi connectivity index (χ0n) is 9.62. The fourth-order valence-electron chi connectivity index (χ4n) is 1.94. The summed E-state index contributed by atoms with van der Waals surface area (Å²) < 4.78 is 5.19. The van der Waals surface area contributed by atoms with Crippen LogP contribution in [-0.4, -0.2) is 37.0 Å². The Morgan fingerprint density at radius 3 is 3.00 bits per heavy atom. The maximum absolute atomic E-state index is 5.19. The van der Waals surface area contributed by atoms with Crippen molar-refractivity contribution in [1.29, 1.82) is 0 Å². The van der Waals surface area contributed by atoms with Gasteiger partial charge in [-0.1, -0.05) is 13.3 Å². The molecule has 0 aromatic heterocycles. The van der Waals surface area contributed by atoms with Crippen molar-refractivity contribution >= 4 is 5.71 Å². The largest absolute Gasteiger partial charge is 0.382 e. The van der Waals surface area contributed by atoms with Crippen LogP contribution < -0.4 is 0 Å². The van der Waals surface area contributed by atoms with Gasteiger partial charge in [0, 0.05) is 19.4 Å². The lowest BCUT2D eigenvalue weighted by atomic mass is 10.2. The van der Waals surface area contributed by atoms with Crippen LogP contribution in [0.4, 0.5) is 0 Å². The summed E-state index contributed by atoms with van der Waals surface area (Å²) in [5, 5.41) is 6.84. The Kier molecular flexibility index (Phi) is 4.94. The number of hydrazone groups is 1. The summed E-state index contributed by atoms with van der Waals surface area (Å²) in [6.45, 7) is 6.21. The van der Waals surface area contributed by atoms with Gasteiger partial charge < -0.3 is 4.74 Å². The van der Waals surface area contributed by atoms with Crippen LogP contribution in [0.25, 0.3) is 0 Å². The highest BCUT2D eigenvalue weighted by Gasteiger charge is 2.22. The van der Waals surface area contributed by atoms with Gasteiger partial charge in [0.05, 0.1) is 12.6 Å². The summed E-state index contributed by atoms with van der Waals surface area (Å²) in [6, 6.07) is 0.506. The third-order valence-electron chi connectivity index (χ3n) is 2.62. The van der Waals surface area contributed by atoms with Gasteiger partial charge in [-0.2, -0.15) is 5.10 Å². The maximum Gasteiger partial charge on any atom is 0.0704 e. The van der Waals surface area contributed by atoms with E-state index in [1.807, 2.05) is 0 Å². The molecule has 0 spiro atoms. The van der Waals surface area contributed by atoms with Crippen molar-refractivity contribution in [3.63, 3.8) is 0 Å². The van der Waals surface area contributed by atoms with Crippen molar-refractivity contribution in [2.45, 2.75) is 45.6 Å². The normalized spacial score (nSPS) is 23.2. The average Bonchev–Trinajstić information content (AvgIpc) is 2.54. The summed E-state index contributed by atoms with van der Waals surface area (Å²) in [6.07, 6.45) is 4.75. The number of hydrogen-bond acceptors (Lipinski definition) is 3. The predicted octanol–water partition coefficient (Wildman–Crippen LogP) is 2.27. The first kappa shape index (κ1) is 11.5. The van der Waals surface area contributed by atoms with Gasteiger partial charge in [-0.05, 0) is 26.2 Å². The van der Waals surface area contributed by atoms with Gasteiger partial charge in [-0.15, -0.1) is 0 Å².